The van der Waals surface area contributed by atoms with Crippen molar-refractivity contribution < 1.29 is 9.47 Å². The van der Waals surface area contributed by atoms with Crippen LogP contribution in [0.25, 0.3) is 0 Å². The van der Waals surface area contributed by atoms with Crippen LogP contribution in [0.5, 0.6) is 0 Å². The largest absolute Gasteiger partial charge is 0.382 e. The number of aliphatic imine (C=N–C) groups is 1. The van der Waals surface area contributed by atoms with E-state index >= 15 is 0 Å². The quantitative estimate of drug-likeness (QED) is 0.293. The van der Waals surface area contributed by atoms with Gasteiger partial charge in [-0.15, -0.1) is 24.0 Å². The van der Waals surface area contributed by atoms with Gasteiger partial charge in [0.2, 0.25) is 0 Å². The normalized spacial score (nSPS) is 18.0. The Morgan fingerprint density at radius 1 is 1.36 bits per heavy atom. The summed E-state index contributed by atoms with van der Waals surface area (Å²) >= 11 is 0. The number of guanidine groups is 1. The highest BCUT2D eigenvalue weighted by atomic mass is 127. The molecule has 1 saturated heterocycles. The first-order chi connectivity index (χ1) is 11.8. The zero-order valence-corrected chi connectivity index (χ0v) is 18.0. The fourth-order valence-corrected chi connectivity index (χ4v) is 2.90. The van der Waals surface area contributed by atoms with E-state index in [0.29, 0.717) is 0 Å². The molecule has 2 rings (SSSR count). The molecule has 1 fully saturated rings. The van der Waals surface area contributed by atoms with Crippen LogP contribution in [0.4, 0.5) is 0 Å². The van der Waals surface area contributed by atoms with E-state index in [9.17, 15) is 0 Å². The third-order valence-electron chi connectivity index (χ3n) is 4.15. The van der Waals surface area contributed by atoms with Crippen molar-refractivity contribution in [3.63, 3.8) is 0 Å². The number of halogens is 1. The van der Waals surface area contributed by atoms with Gasteiger partial charge in [-0.3, -0.25) is 4.99 Å². The van der Waals surface area contributed by atoms with Gasteiger partial charge >= 0.3 is 0 Å². The van der Waals surface area contributed by atoms with E-state index in [2.05, 4.69) is 48.3 Å². The van der Waals surface area contributed by atoms with Crippen LogP contribution >= 0.6 is 24.0 Å². The maximum Gasteiger partial charge on any atom is 0.194 e. The lowest BCUT2D eigenvalue weighted by molar-refractivity contribution is -0.00834. The van der Waals surface area contributed by atoms with Crippen molar-refractivity contribution in [3.8, 4) is 0 Å². The lowest BCUT2D eigenvalue weighted by Crippen LogP contribution is -2.48. The van der Waals surface area contributed by atoms with Gasteiger partial charge in [0.1, 0.15) is 6.10 Å². The molecule has 0 saturated carbocycles. The molecule has 1 aliphatic rings. The van der Waals surface area contributed by atoms with Crippen LogP contribution < -0.4 is 5.32 Å². The Kier molecular flexibility index (Phi) is 11.1. The Labute approximate surface area is 169 Å². The van der Waals surface area contributed by atoms with E-state index in [1.54, 1.807) is 0 Å². The standard InChI is InChI=1S/C19H31N3O2.HI/c1-4-20-19(21-11-8-13-23-5-2)22-12-14-24-18(15-22)17-10-7-6-9-16(17)3;/h6-7,9-10,18H,4-5,8,11-15H2,1-3H3,(H,20,21);1H. The zero-order valence-electron chi connectivity index (χ0n) is 15.7. The smallest absolute Gasteiger partial charge is 0.194 e. The number of benzene rings is 1. The third kappa shape index (κ3) is 7.11. The molecule has 0 bridgehead atoms. The average molecular weight is 461 g/mol. The highest BCUT2D eigenvalue weighted by Gasteiger charge is 2.24. The van der Waals surface area contributed by atoms with Gasteiger partial charge in [-0.1, -0.05) is 24.3 Å². The van der Waals surface area contributed by atoms with E-state index in [-0.39, 0.29) is 30.1 Å². The van der Waals surface area contributed by atoms with Crippen LogP contribution in [-0.4, -0.2) is 56.9 Å². The van der Waals surface area contributed by atoms with Gasteiger partial charge in [0.05, 0.1) is 13.2 Å². The monoisotopic (exact) mass is 461 g/mol. The first kappa shape index (κ1) is 22.2. The van der Waals surface area contributed by atoms with Crippen LogP contribution in [0, 0.1) is 6.92 Å². The SMILES string of the molecule is CCNC(=NCCCOCC)N1CCOC(c2ccccc2C)C1.I. The maximum atomic E-state index is 6.02. The van der Waals surface area contributed by atoms with Crippen LogP contribution in [0.3, 0.4) is 0 Å². The molecule has 1 atom stereocenters. The van der Waals surface area contributed by atoms with Crippen molar-refractivity contribution in [1.29, 1.82) is 0 Å². The van der Waals surface area contributed by atoms with Crippen molar-refractivity contribution in [2.24, 2.45) is 4.99 Å². The Morgan fingerprint density at radius 3 is 2.88 bits per heavy atom. The minimum atomic E-state index is 0. The lowest BCUT2D eigenvalue weighted by atomic mass is 10.0. The molecule has 1 N–H and O–H groups in total. The molecular formula is C19H32IN3O2. The number of ether oxygens (including phenoxy) is 2. The second-order valence-electron chi connectivity index (χ2n) is 5.95. The summed E-state index contributed by atoms with van der Waals surface area (Å²) in [6.45, 7) is 11.9. The van der Waals surface area contributed by atoms with Gasteiger partial charge in [0, 0.05) is 32.8 Å². The lowest BCUT2D eigenvalue weighted by Gasteiger charge is -2.35. The Balaban J connectivity index is 0.00000312. The van der Waals surface area contributed by atoms with Crippen molar-refractivity contribution in [2.45, 2.75) is 33.3 Å². The molecule has 1 aromatic rings. The Hall–Kier alpha value is -0.860. The second-order valence-corrected chi connectivity index (χ2v) is 5.95. The van der Waals surface area contributed by atoms with Crippen molar-refractivity contribution in [2.75, 3.05) is 46.0 Å². The number of aryl methyl sites for hydroxylation is 1. The summed E-state index contributed by atoms with van der Waals surface area (Å²) in [5.41, 5.74) is 2.55. The first-order valence-electron chi connectivity index (χ1n) is 9.04. The summed E-state index contributed by atoms with van der Waals surface area (Å²) in [6.07, 6.45) is 1.06. The number of hydrogen-bond acceptors (Lipinski definition) is 3. The number of nitrogens with zero attached hydrogens (tertiary/aromatic N) is 2. The van der Waals surface area contributed by atoms with E-state index in [4.69, 9.17) is 14.5 Å². The second kappa shape index (κ2) is 12.5. The minimum Gasteiger partial charge on any atom is -0.382 e. The summed E-state index contributed by atoms with van der Waals surface area (Å²) in [6, 6.07) is 8.46. The molecule has 6 heteroatoms. The summed E-state index contributed by atoms with van der Waals surface area (Å²) < 4.78 is 11.4. The average Bonchev–Trinajstić information content (AvgIpc) is 2.61. The summed E-state index contributed by atoms with van der Waals surface area (Å²) in [7, 11) is 0. The van der Waals surface area contributed by atoms with E-state index in [0.717, 1.165) is 58.4 Å². The fourth-order valence-electron chi connectivity index (χ4n) is 2.90. The molecule has 25 heavy (non-hydrogen) atoms. The number of rotatable bonds is 7. The van der Waals surface area contributed by atoms with Gasteiger partial charge in [-0.05, 0) is 38.3 Å². The van der Waals surface area contributed by atoms with Crippen LogP contribution in [0.2, 0.25) is 0 Å². The minimum absolute atomic E-state index is 0. The van der Waals surface area contributed by atoms with Crippen LogP contribution in [0.1, 0.15) is 37.5 Å². The summed E-state index contributed by atoms with van der Waals surface area (Å²) in [5.74, 6) is 0.982. The van der Waals surface area contributed by atoms with Crippen LogP contribution in [-0.2, 0) is 9.47 Å². The Bertz CT molecular complexity index is 525. The van der Waals surface area contributed by atoms with Crippen molar-refractivity contribution in [3.05, 3.63) is 35.4 Å². The van der Waals surface area contributed by atoms with Gasteiger partial charge in [0.25, 0.3) is 0 Å². The molecule has 1 aliphatic heterocycles. The van der Waals surface area contributed by atoms with E-state index in [1.807, 2.05) is 6.92 Å². The summed E-state index contributed by atoms with van der Waals surface area (Å²) in [5, 5.41) is 3.41. The highest BCUT2D eigenvalue weighted by Crippen LogP contribution is 2.24. The topological polar surface area (TPSA) is 46.1 Å². The summed E-state index contributed by atoms with van der Waals surface area (Å²) in [4.78, 5) is 7.07. The van der Waals surface area contributed by atoms with Crippen LogP contribution in [0.15, 0.2) is 29.3 Å². The first-order valence-corrected chi connectivity index (χ1v) is 9.04. The van der Waals surface area contributed by atoms with E-state index < -0.39 is 0 Å². The Morgan fingerprint density at radius 2 is 2.16 bits per heavy atom. The van der Waals surface area contributed by atoms with Gasteiger partial charge < -0.3 is 19.7 Å². The molecular weight excluding hydrogens is 429 g/mol. The highest BCUT2D eigenvalue weighted by molar-refractivity contribution is 14.0. The molecule has 1 aromatic carbocycles. The van der Waals surface area contributed by atoms with Crippen molar-refractivity contribution >= 4 is 29.9 Å². The fraction of sp³-hybridized carbons (Fsp3) is 0.632. The van der Waals surface area contributed by atoms with Crippen molar-refractivity contribution in [1.82, 2.24) is 10.2 Å². The molecule has 0 aliphatic carbocycles. The molecule has 5 nitrogen and oxygen atoms in total. The number of nitrogens with one attached hydrogen (secondary N) is 1. The molecule has 142 valence electrons. The molecule has 0 amide bonds. The van der Waals surface area contributed by atoms with Gasteiger partial charge in [-0.25, -0.2) is 0 Å². The van der Waals surface area contributed by atoms with Gasteiger partial charge in [-0.2, -0.15) is 0 Å². The maximum absolute atomic E-state index is 6.02. The molecule has 1 unspecified atom stereocenters. The zero-order chi connectivity index (χ0) is 17.2. The molecule has 1 heterocycles. The van der Waals surface area contributed by atoms with E-state index in [1.165, 1.54) is 11.1 Å². The molecule has 0 spiro atoms. The number of hydrogen-bond donors (Lipinski definition) is 1. The third-order valence-corrected chi connectivity index (χ3v) is 4.15. The van der Waals surface area contributed by atoms with Gasteiger partial charge in [0.15, 0.2) is 5.96 Å². The number of morpholine rings is 1. The predicted molar refractivity (Wildman–Crippen MR) is 114 cm³/mol. The predicted octanol–water partition coefficient (Wildman–Crippen LogP) is 3.38. The molecule has 0 radical (unpaired) electrons. The molecule has 0 aromatic heterocycles.